The van der Waals surface area contributed by atoms with E-state index in [1.165, 1.54) is 48.3 Å². The average molecular weight is 395 g/mol. The van der Waals surface area contributed by atoms with Crippen molar-refractivity contribution in [3.05, 3.63) is 60.2 Å². The molecule has 0 saturated heterocycles. The van der Waals surface area contributed by atoms with Crippen molar-refractivity contribution in [3.63, 3.8) is 0 Å². The fourth-order valence-electron chi connectivity index (χ4n) is 2.66. The molecule has 0 aliphatic heterocycles. The summed E-state index contributed by atoms with van der Waals surface area (Å²) in [4.78, 5) is 17.3. The summed E-state index contributed by atoms with van der Waals surface area (Å²) in [7, 11) is 1.47. The van der Waals surface area contributed by atoms with Crippen LogP contribution in [0.25, 0.3) is 11.0 Å². The third-order valence-electron chi connectivity index (χ3n) is 4.14. The molecular formula is C19H17F4N3O2. The van der Waals surface area contributed by atoms with Crippen LogP contribution in [0.15, 0.2) is 48.5 Å². The topological polar surface area (TPSA) is 47.4 Å². The molecule has 1 heterocycles. The van der Waals surface area contributed by atoms with Crippen LogP contribution in [0.3, 0.4) is 0 Å². The summed E-state index contributed by atoms with van der Waals surface area (Å²) in [6.45, 7) is -0.225. The Balaban J connectivity index is 1.67. The van der Waals surface area contributed by atoms with E-state index < -0.39 is 30.3 Å². The second-order valence-electron chi connectivity index (χ2n) is 6.13. The Morgan fingerprint density at radius 3 is 2.50 bits per heavy atom. The first kappa shape index (κ1) is 19.7. The minimum absolute atomic E-state index is 0.116. The molecule has 28 heavy (non-hydrogen) atoms. The fourth-order valence-corrected chi connectivity index (χ4v) is 2.66. The molecule has 0 unspecified atom stereocenters. The lowest BCUT2D eigenvalue weighted by atomic mass is 10.3. The number of amides is 1. The van der Waals surface area contributed by atoms with Crippen LogP contribution in [-0.4, -0.2) is 40.6 Å². The Bertz CT molecular complexity index is 967. The average Bonchev–Trinajstić information content (AvgIpc) is 3.02. The predicted molar refractivity (Wildman–Crippen MR) is 94.3 cm³/mol. The number of hydrogen-bond acceptors (Lipinski definition) is 3. The number of rotatable bonds is 6. The Kier molecular flexibility index (Phi) is 5.53. The molecule has 0 spiro atoms. The molecule has 0 bridgehead atoms. The highest BCUT2D eigenvalue weighted by atomic mass is 19.4. The molecule has 0 aliphatic carbocycles. The Labute approximate surface area is 158 Å². The van der Waals surface area contributed by atoms with Crippen molar-refractivity contribution in [2.45, 2.75) is 12.7 Å². The van der Waals surface area contributed by atoms with Crippen LogP contribution in [0.5, 0.6) is 5.75 Å². The molecular weight excluding hydrogens is 378 g/mol. The number of aromatic nitrogens is 2. The van der Waals surface area contributed by atoms with E-state index in [0.717, 1.165) is 4.57 Å². The maximum absolute atomic E-state index is 13.3. The molecule has 3 aromatic rings. The summed E-state index contributed by atoms with van der Waals surface area (Å²) in [6.07, 6.45) is -4.68. The van der Waals surface area contributed by atoms with E-state index in [9.17, 15) is 22.4 Å². The van der Waals surface area contributed by atoms with Crippen molar-refractivity contribution in [3.8, 4) is 5.75 Å². The van der Waals surface area contributed by atoms with E-state index in [1.807, 2.05) is 0 Å². The Morgan fingerprint density at radius 2 is 1.82 bits per heavy atom. The van der Waals surface area contributed by atoms with Crippen LogP contribution < -0.4 is 4.74 Å². The van der Waals surface area contributed by atoms with Gasteiger partial charge in [-0.15, -0.1) is 0 Å². The number of fused-ring (bicyclic) bond motifs is 1. The van der Waals surface area contributed by atoms with Gasteiger partial charge in [-0.05, 0) is 36.4 Å². The summed E-state index contributed by atoms with van der Waals surface area (Å²) in [5.74, 6) is -1.59. The molecule has 148 valence electrons. The van der Waals surface area contributed by atoms with Crippen LogP contribution in [-0.2, 0) is 17.5 Å². The van der Waals surface area contributed by atoms with E-state index in [1.54, 1.807) is 12.1 Å². The maximum Gasteiger partial charge on any atom is 0.449 e. The molecule has 3 rings (SSSR count). The van der Waals surface area contributed by atoms with Gasteiger partial charge in [0.15, 0.2) is 0 Å². The summed E-state index contributed by atoms with van der Waals surface area (Å²) in [5.41, 5.74) is 0.407. The third kappa shape index (κ3) is 4.41. The van der Waals surface area contributed by atoms with Gasteiger partial charge in [0, 0.05) is 7.05 Å². The van der Waals surface area contributed by atoms with Crippen molar-refractivity contribution in [2.24, 2.45) is 0 Å². The van der Waals surface area contributed by atoms with E-state index in [4.69, 9.17) is 4.74 Å². The van der Waals surface area contributed by atoms with Gasteiger partial charge < -0.3 is 14.2 Å². The minimum Gasteiger partial charge on any atom is -0.492 e. The summed E-state index contributed by atoms with van der Waals surface area (Å²) in [6, 6.07) is 11.5. The van der Waals surface area contributed by atoms with Crippen molar-refractivity contribution >= 4 is 16.9 Å². The predicted octanol–water partition coefficient (Wildman–Crippen LogP) is 3.73. The molecule has 0 radical (unpaired) electrons. The first-order valence-electron chi connectivity index (χ1n) is 8.40. The number of carbonyl (C=O) groups excluding carboxylic acids is 1. The number of imidazole rings is 1. The van der Waals surface area contributed by atoms with Crippen LogP contribution in [0.1, 0.15) is 5.82 Å². The van der Waals surface area contributed by atoms with Crippen molar-refractivity contribution in [1.82, 2.24) is 14.5 Å². The van der Waals surface area contributed by atoms with E-state index in [2.05, 4.69) is 4.98 Å². The second kappa shape index (κ2) is 7.87. The van der Waals surface area contributed by atoms with Crippen molar-refractivity contribution in [1.29, 1.82) is 0 Å². The van der Waals surface area contributed by atoms with Crippen molar-refractivity contribution in [2.75, 3.05) is 20.2 Å². The van der Waals surface area contributed by atoms with Crippen LogP contribution >= 0.6 is 0 Å². The lowest BCUT2D eigenvalue weighted by Gasteiger charge is -2.19. The number of alkyl halides is 3. The largest absolute Gasteiger partial charge is 0.492 e. The number of para-hydroxylation sites is 2. The van der Waals surface area contributed by atoms with Crippen LogP contribution in [0.2, 0.25) is 0 Å². The highest BCUT2D eigenvalue weighted by Gasteiger charge is 2.38. The molecule has 0 N–H and O–H groups in total. The number of ether oxygens (including phenoxy) is 1. The van der Waals surface area contributed by atoms with Crippen LogP contribution in [0.4, 0.5) is 17.6 Å². The fraction of sp³-hybridized carbons (Fsp3) is 0.263. The molecule has 9 heteroatoms. The van der Waals surface area contributed by atoms with Gasteiger partial charge in [0.2, 0.25) is 11.7 Å². The molecule has 0 aliphatic rings. The Morgan fingerprint density at radius 1 is 1.14 bits per heavy atom. The molecule has 5 nitrogen and oxygen atoms in total. The molecule has 2 aromatic carbocycles. The van der Waals surface area contributed by atoms with Gasteiger partial charge in [-0.3, -0.25) is 4.79 Å². The van der Waals surface area contributed by atoms with Gasteiger partial charge in [0.1, 0.15) is 24.7 Å². The number of benzene rings is 2. The smallest absolute Gasteiger partial charge is 0.449 e. The number of carbonyl (C=O) groups is 1. The van der Waals surface area contributed by atoms with E-state index in [-0.39, 0.29) is 24.2 Å². The zero-order valence-corrected chi connectivity index (χ0v) is 14.9. The first-order chi connectivity index (χ1) is 13.3. The third-order valence-corrected chi connectivity index (χ3v) is 4.14. The quantitative estimate of drug-likeness (QED) is 0.598. The van der Waals surface area contributed by atoms with Gasteiger partial charge in [-0.25, -0.2) is 9.37 Å². The molecule has 0 atom stereocenters. The molecule has 0 fully saturated rings. The summed E-state index contributed by atoms with van der Waals surface area (Å²) < 4.78 is 59.0. The standard InChI is InChI=1S/C19H17F4N3O2/c1-25(10-11-28-14-8-6-13(20)7-9-14)17(27)12-26-16-5-3-2-4-15(16)24-18(26)19(21,22)23/h2-9H,10-12H2,1H3. The Hall–Kier alpha value is -3.10. The lowest BCUT2D eigenvalue weighted by Crippen LogP contribution is -2.34. The van der Waals surface area contributed by atoms with Gasteiger partial charge in [0.05, 0.1) is 17.6 Å². The van der Waals surface area contributed by atoms with Gasteiger partial charge in [-0.1, -0.05) is 12.1 Å². The number of hydrogen-bond donors (Lipinski definition) is 0. The van der Waals surface area contributed by atoms with Crippen molar-refractivity contribution < 1.29 is 27.1 Å². The van der Waals surface area contributed by atoms with E-state index in [0.29, 0.717) is 5.75 Å². The number of nitrogens with zero attached hydrogens (tertiary/aromatic N) is 3. The summed E-state index contributed by atoms with van der Waals surface area (Å²) in [5, 5.41) is 0. The van der Waals surface area contributed by atoms with Crippen LogP contribution in [0, 0.1) is 5.82 Å². The zero-order valence-electron chi connectivity index (χ0n) is 14.9. The second-order valence-corrected chi connectivity index (χ2v) is 6.13. The van der Waals surface area contributed by atoms with Gasteiger partial charge in [0.25, 0.3) is 0 Å². The van der Waals surface area contributed by atoms with Gasteiger partial charge >= 0.3 is 6.18 Å². The first-order valence-corrected chi connectivity index (χ1v) is 8.40. The monoisotopic (exact) mass is 395 g/mol. The van der Waals surface area contributed by atoms with E-state index >= 15 is 0 Å². The number of halogens is 4. The lowest BCUT2D eigenvalue weighted by molar-refractivity contribution is -0.148. The highest BCUT2D eigenvalue weighted by molar-refractivity contribution is 5.81. The highest BCUT2D eigenvalue weighted by Crippen LogP contribution is 2.31. The maximum atomic E-state index is 13.3. The SMILES string of the molecule is CN(CCOc1ccc(F)cc1)C(=O)Cn1c(C(F)(F)F)nc2ccccc21. The molecule has 1 aromatic heterocycles. The number of likely N-dealkylation sites (N-methyl/N-ethyl adjacent to an activating group) is 1. The summed E-state index contributed by atoms with van der Waals surface area (Å²) >= 11 is 0. The molecule has 0 saturated carbocycles. The zero-order chi connectivity index (χ0) is 20.3. The minimum atomic E-state index is -4.68. The van der Waals surface area contributed by atoms with Gasteiger partial charge in [-0.2, -0.15) is 13.2 Å². The normalized spacial score (nSPS) is 11.6. The molecule has 1 amide bonds.